The smallest absolute Gasteiger partial charge is 0.296 e. The van der Waals surface area contributed by atoms with E-state index in [0.717, 1.165) is 12.8 Å². The summed E-state index contributed by atoms with van der Waals surface area (Å²) in [5.41, 5.74) is 1.69. The van der Waals surface area contributed by atoms with Crippen molar-refractivity contribution in [3.05, 3.63) is 81.4 Å². The summed E-state index contributed by atoms with van der Waals surface area (Å²) in [6, 6.07) is 8.95. The molecule has 3 aromatic heterocycles. The molecule has 4 rings (SSSR count). The number of carbonyl (C=O) groups is 1. The predicted octanol–water partition coefficient (Wildman–Crippen LogP) is 3.65. The Morgan fingerprint density at radius 2 is 2.00 bits per heavy atom. The Balaban J connectivity index is 1.78. The molecule has 3 heterocycles. The molecule has 0 unspecified atom stereocenters. The first-order valence-corrected chi connectivity index (χ1v) is 10.1. The number of carbonyl (C=O) groups excluding carboxylic acids is 1. The number of halogens is 1. The van der Waals surface area contributed by atoms with E-state index >= 15 is 0 Å². The normalized spacial score (nSPS) is 11.2. The molecule has 0 aliphatic carbocycles. The average Bonchev–Trinajstić information content (AvgIpc) is 3.43. The number of hydrogen-bond acceptors (Lipinski definition) is 5. The van der Waals surface area contributed by atoms with E-state index in [-0.39, 0.29) is 35.4 Å². The third-order valence-corrected chi connectivity index (χ3v) is 5.05. The number of aromatic amines is 1. The van der Waals surface area contributed by atoms with Gasteiger partial charge in [0.1, 0.15) is 5.82 Å². The first-order valence-electron chi connectivity index (χ1n) is 10.1. The highest BCUT2D eigenvalue weighted by molar-refractivity contribution is 6.03. The second kappa shape index (κ2) is 8.55. The third kappa shape index (κ3) is 4.11. The van der Waals surface area contributed by atoms with Crippen LogP contribution in [0.15, 0.2) is 51.9 Å². The zero-order valence-corrected chi connectivity index (χ0v) is 17.3. The van der Waals surface area contributed by atoms with Crippen LogP contribution >= 0.6 is 0 Å². The van der Waals surface area contributed by atoms with Crippen LogP contribution in [0.2, 0.25) is 0 Å². The van der Waals surface area contributed by atoms with Gasteiger partial charge in [-0.1, -0.05) is 25.5 Å². The number of hydrogen-bond donors (Lipinski definition) is 1. The fourth-order valence-corrected chi connectivity index (χ4v) is 3.35. The lowest BCUT2D eigenvalue weighted by molar-refractivity contribution is 0.0956. The summed E-state index contributed by atoms with van der Waals surface area (Å²) in [4.78, 5) is 36.2. The monoisotopic (exact) mass is 423 g/mol. The molecule has 9 heteroatoms. The van der Waals surface area contributed by atoms with Crippen LogP contribution in [0.1, 0.15) is 47.1 Å². The van der Waals surface area contributed by atoms with Crippen LogP contribution in [0.5, 0.6) is 0 Å². The maximum Gasteiger partial charge on any atom is 0.296 e. The second-order valence-corrected chi connectivity index (χ2v) is 7.26. The zero-order chi connectivity index (χ0) is 22.0. The number of anilines is 1. The third-order valence-electron chi connectivity index (χ3n) is 5.05. The van der Waals surface area contributed by atoms with Crippen molar-refractivity contribution >= 4 is 17.6 Å². The summed E-state index contributed by atoms with van der Waals surface area (Å²) in [5, 5.41) is 2.90. The number of aromatic nitrogens is 4. The number of unbranched alkanes of at least 4 members (excludes halogenated alkanes) is 1. The molecule has 0 atom stereocenters. The predicted molar refractivity (Wildman–Crippen MR) is 113 cm³/mol. The highest BCUT2D eigenvalue weighted by Crippen LogP contribution is 2.18. The molecule has 0 spiro atoms. The van der Waals surface area contributed by atoms with Crippen LogP contribution in [0.4, 0.5) is 10.3 Å². The fraction of sp³-hybridized carbons (Fsp3) is 0.273. The lowest BCUT2D eigenvalue weighted by Gasteiger charge is -2.18. The SMILES string of the molecule is CCCCc1c(C)nc2nc(N(Cc3ccc(F)cc3)C(=O)c3ccco3)[nH]n2c1=O. The molecule has 0 aliphatic rings. The van der Waals surface area contributed by atoms with Crippen LogP contribution in [0.3, 0.4) is 0 Å². The molecule has 31 heavy (non-hydrogen) atoms. The van der Waals surface area contributed by atoms with Gasteiger partial charge in [-0.3, -0.25) is 19.6 Å². The van der Waals surface area contributed by atoms with E-state index in [9.17, 15) is 14.0 Å². The van der Waals surface area contributed by atoms with Crippen molar-refractivity contribution in [1.29, 1.82) is 0 Å². The second-order valence-electron chi connectivity index (χ2n) is 7.26. The van der Waals surface area contributed by atoms with Crippen molar-refractivity contribution in [3.8, 4) is 0 Å². The largest absolute Gasteiger partial charge is 0.459 e. The molecule has 0 radical (unpaired) electrons. The number of fused-ring (bicyclic) bond motifs is 1. The number of H-pyrrole nitrogens is 1. The van der Waals surface area contributed by atoms with E-state index in [4.69, 9.17) is 4.42 Å². The van der Waals surface area contributed by atoms with Gasteiger partial charge in [-0.15, -0.1) is 0 Å². The van der Waals surface area contributed by atoms with E-state index in [1.807, 2.05) is 0 Å². The Morgan fingerprint density at radius 1 is 1.23 bits per heavy atom. The van der Waals surface area contributed by atoms with Gasteiger partial charge in [0.15, 0.2) is 5.76 Å². The molecule has 4 aromatic rings. The molecule has 160 valence electrons. The van der Waals surface area contributed by atoms with Crippen LogP contribution in [0, 0.1) is 12.7 Å². The van der Waals surface area contributed by atoms with Gasteiger partial charge in [0.25, 0.3) is 17.2 Å². The van der Waals surface area contributed by atoms with Gasteiger partial charge in [-0.25, -0.2) is 9.37 Å². The summed E-state index contributed by atoms with van der Waals surface area (Å²) >= 11 is 0. The summed E-state index contributed by atoms with van der Waals surface area (Å²) in [7, 11) is 0. The molecule has 1 aromatic carbocycles. The quantitative estimate of drug-likeness (QED) is 0.489. The van der Waals surface area contributed by atoms with Gasteiger partial charge < -0.3 is 4.42 Å². The van der Waals surface area contributed by atoms with Gasteiger partial charge in [0.2, 0.25) is 5.95 Å². The van der Waals surface area contributed by atoms with E-state index in [2.05, 4.69) is 22.0 Å². The molecule has 8 nitrogen and oxygen atoms in total. The van der Waals surface area contributed by atoms with Gasteiger partial charge >= 0.3 is 0 Å². The van der Waals surface area contributed by atoms with Crippen LogP contribution in [-0.4, -0.2) is 25.5 Å². The van der Waals surface area contributed by atoms with Crippen molar-refractivity contribution in [2.75, 3.05) is 4.90 Å². The molecule has 0 bridgehead atoms. The Bertz CT molecular complexity index is 1260. The number of nitrogens with zero attached hydrogens (tertiary/aromatic N) is 4. The van der Waals surface area contributed by atoms with Crippen molar-refractivity contribution in [1.82, 2.24) is 19.6 Å². The lowest BCUT2D eigenvalue weighted by atomic mass is 10.1. The molecule has 0 fully saturated rings. The maximum atomic E-state index is 13.3. The highest BCUT2D eigenvalue weighted by Gasteiger charge is 2.25. The Hall–Kier alpha value is -3.75. The minimum Gasteiger partial charge on any atom is -0.459 e. The van der Waals surface area contributed by atoms with E-state index in [1.54, 1.807) is 31.2 Å². The fourth-order valence-electron chi connectivity index (χ4n) is 3.35. The van der Waals surface area contributed by atoms with Gasteiger partial charge in [0.05, 0.1) is 18.5 Å². The molecule has 0 saturated carbocycles. The Labute approximate surface area is 177 Å². The average molecular weight is 423 g/mol. The molecule has 1 amide bonds. The summed E-state index contributed by atoms with van der Waals surface area (Å²) < 4.78 is 19.8. The molecule has 0 saturated heterocycles. The number of benzene rings is 1. The van der Waals surface area contributed by atoms with Crippen LogP contribution in [0.25, 0.3) is 5.78 Å². The lowest BCUT2D eigenvalue weighted by Crippen LogP contribution is -2.31. The Morgan fingerprint density at radius 3 is 2.68 bits per heavy atom. The van der Waals surface area contributed by atoms with Crippen molar-refractivity contribution in [3.63, 3.8) is 0 Å². The van der Waals surface area contributed by atoms with E-state index in [1.165, 1.54) is 27.8 Å². The molecule has 0 aliphatic heterocycles. The number of furan rings is 1. The van der Waals surface area contributed by atoms with Crippen molar-refractivity contribution in [2.24, 2.45) is 0 Å². The van der Waals surface area contributed by atoms with Crippen LogP contribution < -0.4 is 10.5 Å². The number of nitrogens with one attached hydrogen (secondary N) is 1. The van der Waals surface area contributed by atoms with Crippen molar-refractivity contribution in [2.45, 2.75) is 39.7 Å². The summed E-state index contributed by atoms with van der Waals surface area (Å²) in [6.45, 7) is 3.93. The molecular formula is C22H22FN5O3. The van der Waals surface area contributed by atoms with E-state index in [0.29, 0.717) is 23.2 Å². The van der Waals surface area contributed by atoms with Gasteiger partial charge in [-0.2, -0.15) is 9.50 Å². The van der Waals surface area contributed by atoms with Crippen LogP contribution in [-0.2, 0) is 13.0 Å². The first-order chi connectivity index (χ1) is 15.0. The number of amides is 1. The minimum absolute atomic E-state index is 0.0933. The number of rotatable bonds is 7. The minimum atomic E-state index is -0.454. The molecule has 1 N–H and O–H groups in total. The maximum absolute atomic E-state index is 13.3. The Kier molecular flexibility index (Phi) is 5.66. The van der Waals surface area contributed by atoms with Crippen molar-refractivity contribution < 1.29 is 13.6 Å². The zero-order valence-electron chi connectivity index (χ0n) is 17.3. The molecular weight excluding hydrogens is 401 g/mol. The number of aryl methyl sites for hydroxylation is 1. The first kappa shape index (κ1) is 20.5. The summed E-state index contributed by atoms with van der Waals surface area (Å²) in [5.74, 6) is -0.397. The van der Waals surface area contributed by atoms with Gasteiger partial charge in [0, 0.05) is 5.56 Å². The topological polar surface area (TPSA) is 96.5 Å². The van der Waals surface area contributed by atoms with E-state index < -0.39 is 5.91 Å². The summed E-state index contributed by atoms with van der Waals surface area (Å²) in [6.07, 6.45) is 3.85. The van der Waals surface area contributed by atoms with Gasteiger partial charge in [-0.05, 0) is 49.6 Å². The highest BCUT2D eigenvalue weighted by atomic mass is 19.1. The standard InChI is InChI=1S/C22H22FN5O3/c1-3-4-6-17-14(2)24-21-25-22(26-28(21)19(17)29)27(20(30)18-7-5-12-31-18)13-15-8-10-16(23)11-9-15/h5,7-12H,3-4,6,13H2,1-2H3,(H,24,25,26).